The van der Waals surface area contributed by atoms with Gasteiger partial charge in [-0.3, -0.25) is 0 Å². The van der Waals surface area contributed by atoms with Crippen molar-refractivity contribution < 1.29 is 9.84 Å². The number of hydrogen-bond donors (Lipinski definition) is 1. The summed E-state index contributed by atoms with van der Waals surface area (Å²) in [6, 6.07) is 4.06. The van der Waals surface area contributed by atoms with E-state index >= 15 is 0 Å². The molecule has 0 atom stereocenters. The first-order valence-corrected chi connectivity index (χ1v) is 5.30. The molecule has 1 heterocycles. The largest absolute Gasteiger partial charge is 0.496 e. The molecular formula is C11H12O2S. The van der Waals surface area contributed by atoms with Crippen molar-refractivity contribution >= 4 is 21.4 Å². The zero-order valence-electron chi connectivity index (χ0n) is 8.20. The number of methoxy groups -OCH3 is 1. The van der Waals surface area contributed by atoms with Gasteiger partial charge in [0.2, 0.25) is 0 Å². The number of ether oxygens (including phenoxy) is 1. The van der Waals surface area contributed by atoms with Crippen molar-refractivity contribution in [1.82, 2.24) is 0 Å². The van der Waals surface area contributed by atoms with Crippen molar-refractivity contribution in [1.29, 1.82) is 0 Å². The maximum atomic E-state index is 9.25. The predicted molar refractivity (Wildman–Crippen MR) is 59.0 cm³/mol. The second-order valence-electron chi connectivity index (χ2n) is 3.17. The minimum absolute atomic E-state index is 0.0286. The van der Waals surface area contributed by atoms with Crippen LogP contribution in [-0.2, 0) is 6.61 Å². The SMILES string of the molecule is COc1cc2sccc2c(C)c1CO. The number of aliphatic hydroxyl groups is 1. The normalized spacial score (nSPS) is 10.8. The van der Waals surface area contributed by atoms with Gasteiger partial charge in [0.1, 0.15) is 5.75 Å². The van der Waals surface area contributed by atoms with E-state index < -0.39 is 0 Å². The van der Waals surface area contributed by atoms with Gasteiger partial charge in [-0.1, -0.05) is 0 Å². The Morgan fingerprint density at radius 2 is 2.29 bits per heavy atom. The molecule has 1 N–H and O–H groups in total. The Kier molecular flexibility index (Phi) is 2.44. The lowest BCUT2D eigenvalue weighted by molar-refractivity contribution is 0.273. The zero-order chi connectivity index (χ0) is 10.1. The van der Waals surface area contributed by atoms with Gasteiger partial charge in [-0.25, -0.2) is 0 Å². The first kappa shape index (κ1) is 9.49. The number of aliphatic hydroxyl groups excluding tert-OH is 1. The van der Waals surface area contributed by atoms with Gasteiger partial charge in [0.15, 0.2) is 0 Å². The molecule has 0 aliphatic heterocycles. The molecule has 0 spiro atoms. The molecule has 2 rings (SSSR count). The average Bonchev–Trinajstić information content (AvgIpc) is 2.65. The standard InChI is InChI=1S/C11H12O2S/c1-7-8-3-4-14-11(8)5-10(13-2)9(7)6-12/h3-5,12H,6H2,1-2H3. The Morgan fingerprint density at radius 1 is 1.50 bits per heavy atom. The summed E-state index contributed by atoms with van der Waals surface area (Å²) in [5.41, 5.74) is 2.00. The molecule has 14 heavy (non-hydrogen) atoms. The summed E-state index contributed by atoms with van der Waals surface area (Å²) in [7, 11) is 1.63. The molecule has 3 heteroatoms. The third-order valence-corrected chi connectivity index (χ3v) is 3.35. The highest BCUT2D eigenvalue weighted by Gasteiger charge is 2.10. The number of fused-ring (bicyclic) bond motifs is 1. The molecule has 2 aromatic rings. The van der Waals surface area contributed by atoms with E-state index in [2.05, 4.69) is 11.4 Å². The number of thiophene rings is 1. The lowest BCUT2D eigenvalue weighted by Gasteiger charge is -2.10. The van der Waals surface area contributed by atoms with Gasteiger partial charge in [0, 0.05) is 10.3 Å². The summed E-state index contributed by atoms with van der Waals surface area (Å²) in [5.74, 6) is 0.778. The molecule has 0 saturated carbocycles. The molecular weight excluding hydrogens is 196 g/mol. The maximum Gasteiger partial charge on any atom is 0.126 e. The number of rotatable bonds is 2. The third-order valence-electron chi connectivity index (χ3n) is 2.49. The van der Waals surface area contributed by atoms with E-state index in [0.29, 0.717) is 0 Å². The fourth-order valence-corrected chi connectivity index (χ4v) is 2.55. The van der Waals surface area contributed by atoms with Crippen LogP contribution in [0.15, 0.2) is 17.5 Å². The minimum Gasteiger partial charge on any atom is -0.496 e. The molecule has 2 nitrogen and oxygen atoms in total. The second kappa shape index (κ2) is 3.59. The molecule has 0 unspecified atom stereocenters. The van der Waals surface area contributed by atoms with Crippen LogP contribution < -0.4 is 4.74 Å². The Morgan fingerprint density at radius 3 is 2.93 bits per heavy atom. The summed E-state index contributed by atoms with van der Waals surface area (Å²) in [6.45, 7) is 2.05. The summed E-state index contributed by atoms with van der Waals surface area (Å²) < 4.78 is 6.45. The molecule has 0 aliphatic rings. The Balaban J connectivity index is 2.79. The molecule has 1 aromatic heterocycles. The van der Waals surface area contributed by atoms with Gasteiger partial charge in [-0.05, 0) is 35.4 Å². The van der Waals surface area contributed by atoms with Crippen LogP contribution >= 0.6 is 11.3 Å². The van der Waals surface area contributed by atoms with E-state index in [1.165, 1.54) is 10.1 Å². The lowest BCUT2D eigenvalue weighted by atomic mass is 10.0. The van der Waals surface area contributed by atoms with Crippen LogP contribution in [0.1, 0.15) is 11.1 Å². The monoisotopic (exact) mass is 208 g/mol. The molecule has 0 bridgehead atoms. The van der Waals surface area contributed by atoms with Crippen molar-refractivity contribution in [2.24, 2.45) is 0 Å². The van der Waals surface area contributed by atoms with E-state index in [1.807, 2.05) is 13.0 Å². The van der Waals surface area contributed by atoms with Crippen molar-refractivity contribution in [3.63, 3.8) is 0 Å². The highest BCUT2D eigenvalue weighted by atomic mass is 32.1. The summed E-state index contributed by atoms with van der Waals surface area (Å²) >= 11 is 1.69. The molecule has 0 radical (unpaired) electrons. The lowest BCUT2D eigenvalue weighted by Crippen LogP contribution is -1.95. The van der Waals surface area contributed by atoms with E-state index in [0.717, 1.165) is 16.9 Å². The first-order valence-electron chi connectivity index (χ1n) is 4.42. The molecule has 0 saturated heterocycles. The van der Waals surface area contributed by atoms with Crippen molar-refractivity contribution in [3.8, 4) is 5.75 Å². The van der Waals surface area contributed by atoms with E-state index in [9.17, 15) is 5.11 Å². The molecule has 0 amide bonds. The van der Waals surface area contributed by atoms with Crippen LogP contribution in [0.4, 0.5) is 0 Å². The fourth-order valence-electron chi connectivity index (χ4n) is 1.67. The summed E-state index contributed by atoms with van der Waals surface area (Å²) in [6.07, 6.45) is 0. The number of benzene rings is 1. The van der Waals surface area contributed by atoms with E-state index in [1.54, 1.807) is 18.4 Å². The molecule has 1 aromatic carbocycles. The van der Waals surface area contributed by atoms with Crippen LogP contribution in [0.2, 0.25) is 0 Å². The van der Waals surface area contributed by atoms with Gasteiger partial charge in [0.25, 0.3) is 0 Å². The quantitative estimate of drug-likeness (QED) is 0.822. The van der Waals surface area contributed by atoms with Crippen LogP contribution in [0.3, 0.4) is 0 Å². The van der Waals surface area contributed by atoms with Gasteiger partial charge in [-0.2, -0.15) is 0 Å². The Bertz CT molecular complexity index is 460. The van der Waals surface area contributed by atoms with Gasteiger partial charge >= 0.3 is 0 Å². The minimum atomic E-state index is 0.0286. The Labute approximate surface area is 86.8 Å². The van der Waals surface area contributed by atoms with Crippen LogP contribution in [0.25, 0.3) is 10.1 Å². The third kappa shape index (κ3) is 1.29. The highest BCUT2D eigenvalue weighted by Crippen LogP contribution is 2.33. The molecule has 0 aliphatic carbocycles. The van der Waals surface area contributed by atoms with Crippen LogP contribution in [0.5, 0.6) is 5.75 Å². The van der Waals surface area contributed by atoms with Crippen molar-refractivity contribution in [3.05, 3.63) is 28.6 Å². The number of hydrogen-bond acceptors (Lipinski definition) is 3. The predicted octanol–water partition coefficient (Wildman–Crippen LogP) is 2.71. The summed E-state index contributed by atoms with van der Waals surface area (Å²) in [5, 5.41) is 12.5. The van der Waals surface area contributed by atoms with E-state index in [-0.39, 0.29) is 6.61 Å². The fraction of sp³-hybridized carbons (Fsp3) is 0.273. The van der Waals surface area contributed by atoms with Gasteiger partial charge in [-0.15, -0.1) is 11.3 Å². The van der Waals surface area contributed by atoms with Gasteiger partial charge < -0.3 is 9.84 Å². The first-order chi connectivity index (χ1) is 6.77. The van der Waals surface area contributed by atoms with Crippen molar-refractivity contribution in [2.45, 2.75) is 13.5 Å². The van der Waals surface area contributed by atoms with Crippen molar-refractivity contribution in [2.75, 3.05) is 7.11 Å². The average molecular weight is 208 g/mol. The maximum absolute atomic E-state index is 9.25. The topological polar surface area (TPSA) is 29.5 Å². The smallest absolute Gasteiger partial charge is 0.126 e. The summed E-state index contributed by atoms with van der Waals surface area (Å²) in [4.78, 5) is 0. The molecule has 0 fully saturated rings. The second-order valence-corrected chi connectivity index (χ2v) is 4.12. The van der Waals surface area contributed by atoms with Crippen LogP contribution in [0, 0.1) is 6.92 Å². The number of aryl methyl sites for hydroxylation is 1. The Hall–Kier alpha value is -1.06. The van der Waals surface area contributed by atoms with Gasteiger partial charge in [0.05, 0.1) is 13.7 Å². The van der Waals surface area contributed by atoms with Crippen LogP contribution in [-0.4, -0.2) is 12.2 Å². The molecule has 74 valence electrons. The zero-order valence-corrected chi connectivity index (χ0v) is 9.02. The van der Waals surface area contributed by atoms with E-state index in [4.69, 9.17) is 4.74 Å². The highest BCUT2D eigenvalue weighted by molar-refractivity contribution is 7.17.